The number of rotatable bonds is 6. The average molecular weight is 335 g/mol. The van der Waals surface area contributed by atoms with E-state index in [0.717, 1.165) is 12.8 Å². The topological polar surface area (TPSA) is 77.2 Å². The van der Waals surface area contributed by atoms with Crippen LogP contribution in [0.4, 0.5) is 23.2 Å². The van der Waals surface area contributed by atoms with E-state index < -0.39 is 24.5 Å². The first kappa shape index (κ1) is 17.5. The molecule has 0 radical (unpaired) electrons. The van der Waals surface area contributed by atoms with E-state index in [0.29, 0.717) is 18.5 Å². The summed E-state index contributed by atoms with van der Waals surface area (Å²) in [6.07, 6.45) is 0.326. The van der Waals surface area contributed by atoms with Gasteiger partial charge in [0.1, 0.15) is 0 Å². The molecular weight excluding hydrogens is 318 g/mol. The Morgan fingerprint density at radius 3 is 2.57 bits per heavy atom. The molecule has 1 aliphatic carbocycles. The van der Waals surface area contributed by atoms with E-state index in [9.17, 15) is 22.4 Å². The van der Waals surface area contributed by atoms with Gasteiger partial charge in [0.05, 0.1) is 17.4 Å². The van der Waals surface area contributed by atoms with E-state index >= 15 is 0 Å². The molecule has 9 heteroatoms. The summed E-state index contributed by atoms with van der Waals surface area (Å²) in [5, 5.41) is 2.59. The van der Waals surface area contributed by atoms with Crippen molar-refractivity contribution in [3.63, 3.8) is 0 Å². The van der Waals surface area contributed by atoms with Gasteiger partial charge in [0.15, 0.2) is 6.61 Å². The Morgan fingerprint density at radius 1 is 1.39 bits per heavy atom. The Hall–Kier alpha value is -1.90. The SMILES string of the molecule is NC1(C(=O)Nc2ccc(OCC(F)(F)C(F)F)nc2)CCCC1. The molecule has 0 aromatic carbocycles. The van der Waals surface area contributed by atoms with Gasteiger partial charge >= 0.3 is 12.3 Å². The van der Waals surface area contributed by atoms with E-state index in [1.807, 2.05) is 0 Å². The maximum atomic E-state index is 12.7. The molecule has 1 fully saturated rings. The van der Waals surface area contributed by atoms with Crippen LogP contribution < -0.4 is 15.8 Å². The van der Waals surface area contributed by atoms with Crippen molar-refractivity contribution in [3.05, 3.63) is 18.3 Å². The molecule has 0 aliphatic heterocycles. The summed E-state index contributed by atoms with van der Waals surface area (Å²) in [7, 11) is 0. The summed E-state index contributed by atoms with van der Waals surface area (Å²) in [5.41, 5.74) is 5.40. The molecule has 0 bridgehead atoms. The lowest BCUT2D eigenvalue weighted by molar-refractivity contribution is -0.148. The van der Waals surface area contributed by atoms with Crippen LogP contribution in [0.3, 0.4) is 0 Å². The highest BCUT2D eigenvalue weighted by molar-refractivity contribution is 5.98. The predicted molar refractivity (Wildman–Crippen MR) is 74.7 cm³/mol. The number of aromatic nitrogens is 1. The quantitative estimate of drug-likeness (QED) is 0.784. The molecule has 1 saturated carbocycles. The highest BCUT2D eigenvalue weighted by Crippen LogP contribution is 2.28. The molecule has 1 aromatic rings. The molecule has 2 rings (SSSR count). The number of carbonyl (C=O) groups excluding carboxylic acids is 1. The summed E-state index contributed by atoms with van der Waals surface area (Å²) < 4.78 is 54.0. The summed E-state index contributed by atoms with van der Waals surface area (Å²) >= 11 is 0. The fourth-order valence-electron chi connectivity index (χ4n) is 2.26. The van der Waals surface area contributed by atoms with Gasteiger partial charge in [0, 0.05) is 6.07 Å². The standard InChI is InChI=1S/C14H17F4N3O2/c15-11(16)14(17,18)8-23-10-4-3-9(7-20-10)21-12(22)13(19)5-1-2-6-13/h3-4,7,11H,1-2,5-6,8,19H2,(H,21,22). The third-order valence-electron chi connectivity index (χ3n) is 3.67. The van der Waals surface area contributed by atoms with E-state index in [1.165, 1.54) is 18.3 Å². The largest absolute Gasteiger partial charge is 0.471 e. The number of halogens is 4. The minimum atomic E-state index is -4.25. The van der Waals surface area contributed by atoms with Crippen molar-refractivity contribution in [2.24, 2.45) is 5.73 Å². The highest BCUT2D eigenvalue weighted by Gasteiger charge is 2.42. The van der Waals surface area contributed by atoms with E-state index in [2.05, 4.69) is 15.0 Å². The van der Waals surface area contributed by atoms with Crippen LogP contribution in [0, 0.1) is 0 Å². The van der Waals surface area contributed by atoms with Crippen LogP contribution in [0.15, 0.2) is 18.3 Å². The first-order chi connectivity index (χ1) is 10.7. The minimum absolute atomic E-state index is 0.244. The molecule has 0 atom stereocenters. The van der Waals surface area contributed by atoms with Crippen molar-refractivity contribution in [2.45, 2.75) is 43.6 Å². The van der Waals surface area contributed by atoms with Gasteiger partial charge in [-0.15, -0.1) is 0 Å². The van der Waals surface area contributed by atoms with Crippen molar-refractivity contribution >= 4 is 11.6 Å². The monoisotopic (exact) mass is 335 g/mol. The van der Waals surface area contributed by atoms with E-state index in [1.54, 1.807) is 0 Å². The van der Waals surface area contributed by atoms with Crippen LogP contribution in [0.25, 0.3) is 0 Å². The molecule has 0 saturated heterocycles. The molecule has 3 N–H and O–H groups in total. The van der Waals surface area contributed by atoms with Crippen LogP contribution in [-0.4, -0.2) is 35.4 Å². The Labute approximate surface area is 130 Å². The summed E-state index contributed by atoms with van der Waals surface area (Å²) in [6, 6.07) is 2.58. The molecule has 5 nitrogen and oxygen atoms in total. The predicted octanol–water partition coefficient (Wildman–Crippen LogP) is 2.57. The van der Waals surface area contributed by atoms with Gasteiger partial charge in [-0.1, -0.05) is 12.8 Å². The number of amides is 1. The maximum absolute atomic E-state index is 12.7. The second-order valence-corrected chi connectivity index (χ2v) is 5.55. The highest BCUT2D eigenvalue weighted by atomic mass is 19.3. The zero-order valence-corrected chi connectivity index (χ0v) is 12.2. The lowest BCUT2D eigenvalue weighted by Crippen LogP contribution is -2.48. The molecule has 1 amide bonds. The summed E-state index contributed by atoms with van der Waals surface area (Å²) in [6.45, 7) is -1.48. The van der Waals surface area contributed by atoms with Crippen molar-refractivity contribution in [1.29, 1.82) is 0 Å². The summed E-state index contributed by atoms with van der Waals surface area (Å²) in [4.78, 5) is 15.8. The molecule has 0 spiro atoms. The summed E-state index contributed by atoms with van der Waals surface area (Å²) in [5.74, 6) is -4.83. The number of nitrogens with zero attached hydrogens (tertiary/aromatic N) is 1. The van der Waals surface area contributed by atoms with Crippen molar-refractivity contribution < 1.29 is 27.1 Å². The van der Waals surface area contributed by atoms with E-state index in [-0.39, 0.29) is 11.8 Å². The fraction of sp³-hybridized carbons (Fsp3) is 0.571. The lowest BCUT2D eigenvalue weighted by Gasteiger charge is -2.22. The molecule has 23 heavy (non-hydrogen) atoms. The minimum Gasteiger partial charge on any atom is -0.471 e. The molecule has 1 aliphatic rings. The van der Waals surface area contributed by atoms with Gasteiger partial charge < -0.3 is 15.8 Å². The number of carbonyl (C=O) groups is 1. The Kier molecular flexibility index (Phi) is 5.08. The first-order valence-electron chi connectivity index (χ1n) is 7.08. The van der Waals surface area contributed by atoms with Gasteiger partial charge in [-0.3, -0.25) is 4.79 Å². The Morgan fingerprint density at radius 2 is 2.04 bits per heavy atom. The maximum Gasteiger partial charge on any atom is 0.340 e. The zero-order chi connectivity index (χ0) is 17.1. The lowest BCUT2D eigenvalue weighted by atomic mass is 9.98. The van der Waals surface area contributed by atoms with Gasteiger partial charge in [0.2, 0.25) is 11.8 Å². The van der Waals surface area contributed by atoms with Gasteiger partial charge in [-0.05, 0) is 18.9 Å². The number of nitrogens with one attached hydrogen (secondary N) is 1. The van der Waals surface area contributed by atoms with Gasteiger partial charge in [0.25, 0.3) is 0 Å². The van der Waals surface area contributed by atoms with Crippen LogP contribution >= 0.6 is 0 Å². The Bertz CT molecular complexity index is 545. The zero-order valence-electron chi connectivity index (χ0n) is 12.2. The molecule has 0 unspecified atom stereocenters. The number of nitrogens with two attached hydrogens (primary N) is 1. The number of ether oxygens (including phenoxy) is 1. The van der Waals surface area contributed by atoms with Crippen molar-refractivity contribution in [3.8, 4) is 5.88 Å². The number of hydrogen-bond donors (Lipinski definition) is 2. The van der Waals surface area contributed by atoms with Crippen LogP contribution in [0.1, 0.15) is 25.7 Å². The second-order valence-electron chi connectivity index (χ2n) is 5.55. The second kappa shape index (κ2) is 6.69. The molecule has 1 aromatic heterocycles. The number of hydrogen-bond acceptors (Lipinski definition) is 4. The fourth-order valence-corrected chi connectivity index (χ4v) is 2.26. The molecule has 1 heterocycles. The third-order valence-corrected chi connectivity index (χ3v) is 3.67. The third kappa shape index (κ3) is 4.31. The van der Waals surface area contributed by atoms with Crippen molar-refractivity contribution in [2.75, 3.05) is 11.9 Å². The Balaban J connectivity index is 1.91. The van der Waals surface area contributed by atoms with Gasteiger partial charge in [-0.2, -0.15) is 8.78 Å². The van der Waals surface area contributed by atoms with Crippen molar-refractivity contribution in [1.82, 2.24) is 4.98 Å². The van der Waals surface area contributed by atoms with Crippen LogP contribution in [0.2, 0.25) is 0 Å². The molecular formula is C14H17F4N3O2. The van der Waals surface area contributed by atoms with Gasteiger partial charge in [-0.25, -0.2) is 13.8 Å². The first-order valence-corrected chi connectivity index (χ1v) is 7.08. The van der Waals surface area contributed by atoms with Crippen LogP contribution in [0.5, 0.6) is 5.88 Å². The molecule has 128 valence electrons. The average Bonchev–Trinajstić information content (AvgIpc) is 2.95. The number of anilines is 1. The smallest absolute Gasteiger partial charge is 0.340 e. The number of pyridine rings is 1. The van der Waals surface area contributed by atoms with Crippen LogP contribution in [-0.2, 0) is 4.79 Å². The number of alkyl halides is 4. The normalized spacial score (nSPS) is 17.3. The van der Waals surface area contributed by atoms with E-state index in [4.69, 9.17) is 5.73 Å².